The minimum atomic E-state index is -2.06. The first-order chi connectivity index (χ1) is 14.4. The van der Waals surface area contributed by atoms with Gasteiger partial charge in [0, 0.05) is 10.7 Å². The van der Waals surface area contributed by atoms with Gasteiger partial charge in [0.2, 0.25) is 0 Å². The Morgan fingerprint density at radius 3 is 2.20 bits per heavy atom. The quantitative estimate of drug-likeness (QED) is 0.438. The molecule has 0 aliphatic rings. The predicted octanol–water partition coefficient (Wildman–Crippen LogP) is 5.11. The van der Waals surface area contributed by atoms with Crippen LogP contribution >= 0.6 is 11.6 Å². The highest BCUT2D eigenvalue weighted by atomic mass is 35.5. The molecule has 0 aliphatic heterocycles. The molecule has 3 rings (SSSR count). The number of hydrogen-bond acceptors (Lipinski definition) is 3. The summed E-state index contributed by atoms with van der Waals surface area (Å²) in [6.45, 7) is 1.58. The van der Waals surface area contributed by atoms with Gasteiger partial charge in [-0.15, -0.1) is 0 Å². The average molecular weight is 430 g/mol. The normalized spacial score (nSPS) is 12.7. The first-order valence-electron chi connectivity index (χ1n) is 9.15. The molecular formula is C23H18ClF2NO3. The summed E-state index contributed by atoms with van der Waals surface area (Å²) in [4.78, 5) is 26.8. The zero-order valence-electron chi connectivity index (χ0n) is 16.0. The van der Waals surface area contributed by atoms with Crippen molar-refractivity contribution in [3.63, 3.8) is 0 Å². The van der Waals surface area contributed by atoms with Gasteiger partial charge in [0.05, 0.1) is 6.61 Å². The SMILES string of the molecule is CCOC(=O)C(C(=O)Nc1ccc(Cl)cc1)(c1ccccc1)c1ccc(F)c(F)c1. The first-order valence-corrected chi connectivity index (χ1v) is 9.52. The van der Waals surface area contributed by atoms with Crippen LogP contribution in [0.5, 0.6) is 0 Å². The summed E-state index contributed by atoms with van der Waals surface area (Å²) in [6.07, 6.45) is 0. The number of nitrogens with one attached hydrogen (secondary N) is 1. The van der Waals surface area contributed by atoms with Crippen molar-refractivity contribution < 1.29 is 23.1 Å². The molecule has 0 saturated carbocycles. The zero-order valence-corrected chi connectivity index (χ0v) is 16.7. The number of carbonyl (C=O) groups is 2. The molecule has 7 heteroatoms. The second-order valence-corrected chi connectivity index (χ2v) is 6.86. The van der Waals surface area contributed by atoms with Gasteiger partial charge < -0.3 is 10.1 Å². The van der Waals surface area contributed by atoms with Crippen molar-refractivity contribution >= 4 is 29.2 Å². The first kappa shape index (κ1) is 21.5. The number of anilines is 1. The summed E-state index contributed by atoms with van der Waals surface area (Å²) < 4.78 is 33.0. The molecule has 1 N–H and O–H groups in total. The van der Waals surface area contributed by atoms with Crippen LogP contribution < -0.4 is 5.32 Å². The van der Waals surface area contributed by atoms with E-state index in [-0.39, 0.29) is 17.7 Å². The van der Waals surface area contributed by atoms with Crippen LogP contribution in [0.2, 0.25) is 5.02 Å². The lowest BCUT2D eigenvalue weighted by atomic mass is 9.73. The standard InChI is InChI=1S/C23H18ClF2NO3/c1-2-30-22(29)23(15-6-4-3-5-7-15,16-8-13-19(25)20(26)14-16)21(28)27-18-11-9-17(24)10-12-18/h3-14H,2H2,1H3,(H,27,28). The van der Waals surface area contributed by atoms with E-state index >= 15 is 0 Å². The van der Waals surface area contributed by atoms with Crippen LogP contribution in [0.25, 0.3) is 0 Å². The summed E-state index contributed by atoms with van der Waals surface area (Å²) in [5.74, 6) is -3.96. The lowest BCUT2D eigenvalue weighted by molar-refractivity contribution is -0.151. The molecule has 0 heterocycles. The lowest BCUT2D eigenvalue weighted by Crippen LogP contribution is -2.49. The molecule has 1 amide bonds. The average Bonchev–Trinajstić information content (AvgIpc) is 2.74. The lowest BCUT2D eigenvalue weighted by Gasteiger charge is -2.31. The second-order valence-electron chi connectivity index (χ2n) is 6.43. The van der Waals surface area contributed by atoms with E-state index in [2.05, 4.69) is 5.32 Å². The minimum absolute atomic E-state index is 0.00861. The Hall–Kier alpha value is -3.25. The van der Waals surface area contributed by atoms with Crippen LogP contribution in [-0.4, -0.2) is 18.5 Å². The van der Waals surface area contributed by atoms with Crippen LogP contribution in [0.15, 0.2) is 72.8 Å². The van der Waals surface area contributed by atoms with E-state index in [0.29, 0.717) is 10.7 Å². The fourth-order valence-corrected chi connectivity index (χ4v) is 3.30. The molecular weight excluding hydrogens is 412 g/mol. The van der Waals surface area contributed by atoms with E-state index in [4.69, 9.17) is 16.3 Å². The van der Waals surface area contributed by atoms with Crippen molar-refractivity contribution in [3.8, 4) is 0 Å². The van der Waals surface area contributed by atoms with Crippen molar-refractivity contribution in [3.05, 3.63) is 101 Å². The van der Waals surface area contributed by atoms with Gasteiger partial charge in [-0.3, -0.25) is 9.59 Å². The maximum absolute atomic E-state index is 14.1. The molecule has 0 saturated heterocycles. The van der Waals surface area contributed by atoms with Gasteiger partial charge in [-0.2, -0.15) is 0 Å². The summed E-state index contributed by atoms with van der Waals surface area (Å²) >= 11 is 5.89. The smallest absolute Gasteiger partial charge is 0.330 e. The Balaban J connectivity index is 2.23. The molecule has 0 fully saturated rings. The molecule has 0 radical (unpaired) electrons. The maximum Gasteiger partial charge on any atom is 0.330 e. The Labute approximate surface area is 177 Å². The largest absolute Gasteiger partial charge is 0.465 e. The number of hydrogen-bond donors (Lipinski definition) is 1. The maximum atomic E-state index is 14.1. The van der Waals surface area contributed by atoms with E-state index in [1.807, 2.05) is 0 Å². The molecule has 1 atom stereocenters. The second kappa shape index (κ2) is 9.05. The highest BCUT2D eigenvalue weighted by Gasteiger charge is 2.51. The fourth-order valence-electron chi connectivity index (χ4n) is 3.17. The van der Waals surface area contributed by atoms with Gasteiger partial charge in [0.1, 0.15) is 0 Å². The fraction of sp³-hybridized carbons (Fsp3) is 0.130. The Kier molecular flexibility index (Phi) is 6.47. The number of esters is 1. The third-order valence-electron chi connectivity index (χ3n) is 4.58. The Bertz CT molecular complexity index is 1060. The highest BCUT2D eigenvalue weighted by molar-refractivity contribution is 6.30. The van der Waals surface area contributed by atoms with E-state index < -0.39 is 28.9 Å². The van der Waals surface area contributed by atoms with E-state index in [1.165, 1.54) is 6.07 Å². The molecule has 0 aliphatic carbocycles. The summed E-state index contributed by atoms with van der Waals surface area (Å²) in [5.41, 5.74) is -1.50. The minimum Gasteiger partial charge on any atom is -0.465 e. The summed E-state index contributed by atoms with van der Waals surface area (Å²) in [7, 11) is 0. The highest BCUT2D eigenvalue weighted by Crippen LogP contribution is 2.36. The third-order valence-corrected chi connectivity index (χ3v) is 4.84. The molecule has 0 bridgehead atoms. The number of carbonyl (C=O) groups excluding carboxylic acids is 2. The van der Waals surface area contributed by atoms with Crippen molar-refractivity contribution in [2.45, 2.75) is 12.3 Å². The van der Waals surface area contributed by atoms with Crippen LogP contribution in [0.3, 0.4) is 0 Å². The molecule has 30 heavy (non-hydrogen) atoms. The number of rotatable bonds is 6. The van der Waals surface area contributed by atoms with Crippen LogP contribution in [-0.2, 0) is 19.7 Å². The van der Waals surface area contributed by atoms with Crippen molar-refractivity contribution in [2.75, 3.05) is 11.9 Å². The third kappa shape index (κ3) is 4.04. The summed E-state index contributed by atoms with van der Waals surface area (Å²) in [5, 5.41) is 3.13. The number of benzene rings is 3. The number of halogens is 3. The molecule has 3 aromatic rings. The van der Waals surface area contributed by atoms with Gasteiger partial charge in [0.15, 0.2) is 17.0 Å². The molecule has 1 unspecified atom stereocenters. The van der Waals surface area contributed by atoms with Crippen molar-refractivity contribution in [2.24, 2.45) is 0 Å². The van der Waals surface area contributed by atoms with Gasteiger partial charge in [0.25, 0.3) is 5.91 Å². The molecule has 3 aromatic carbocycles. The van der Waals surface area contributed by atoms with Gasteiger partial charge >= 0.3 is 5.97 Å². The summed E-state index contributed by atoms with van der Waals surface area (Å²) in [6, 6.07) is 17.3. The Morgan fingerprint density at radius 1 is 0.933 bits per heavy atom. The molecule has 0 aromatic heterocycles. The molecule has 4 nitrogen and oxygen atoms in total. The van der Waals surface area contributed by atoms with Crippen molar-refractivity contribution in [1.29, 1.82) is 0 Å². The monoisotopic (exact) mass is 429 g/mol. The van der Waals surface area contributed by atoms with E-state index in [1.54, 1.807) is 61.5 Å². The zero-order chi connectivity index (χ0) is 21.7. The van der Waals surface area contributed by atoms with Gasteiger partial charge in [-0.05, 0) is 54.4 Å². The number of amides is 1. The van der Waals surface area contributed by atoms with Crippen LogP contribution in [0.4, 0.5) is 14.5 Å². The van der Waals surface area contributed by atoms with E-state index in [9.17, 15) is 18.4 Å². The van der Waals surface area contributed by atoms with E-state index in [0.717, 1.165) is 12.1 Å². The molecule has 154 valence electrons. The van der Waals surface area contributed by atoms with Gasteiger partial charge in [-0.25, -0.2) is 8.78 Å². The van der Waals surface area contributed by atoms with Gasteiger partial charge in [-0.1, -0.05) is 48.0 Å². The number of ether oxygens (including phenoxy) is 1. The van der Waals surface area contributed by atoms with Crippen molar-refractivity contribution in [1.82, 2.24) is 0 Å². The predicted molar refractivity (Wildman–Crippen MR) is 110 cm³/mol. The molecule has 0 spiro atoms. The van der Waals surface area contributed by atoms with Crippen LogP contribution in [0, 0.1) is 11.6 Å². The Morgan fingerprint density at radius 2 is 1.60 bits per heavy atom. The van der Waals surface area contributed by atoms with Crippen LogP contribution in [0.1, 0.15) is 18.1 Å². The topological polar surface area (TPSA) is 55.4 Å².